The summed E-state index contributed by atoms with van der Waals surface area (Å²) in [5, 5.41) is 0.719. The Morgan fingerprint density at radius 3 is 2.70 bits per heavy atom. The minimum Gasteiger partial charge on any atom is -0.376 e. The highest BCUT2D eigenvalue weighted by Gasteiger charge is 2.34. The van der Waals surface area contributed by atoms with Gasteiger partial charge in [-0.2, -0.15) is 0 Å². The van der Waals surface area contributed by atoms with E-state index in [4.69, 9.17) is 9.72 Å². The van der Waals surface area contributed by atoms with Crippen molar-refractivity contribution in [2.24, 2.45) is 5.92 Å². The van der Waals surface area contributed by atoms with Gasteiger partial charge in [-0.05, 0) is 43.7 Å². The van der Waals surface area contributed by atoms with Gasteiger partial charge in [0.25, 0.3) is 0 Å². The van der Waals surface area contributed by atoms with Crippen molar-refractivity contribution < 1.29 is 17.9 Å². The number of thiazole rings is 1. The number of carbonyl (C=O) groups is 1. The van der Waals surface area contributed by atoms with E-state index in [2.05, 4.69) is 19.1 Å². The molecule has 1 aromatic carbocycles. The monoisotopic (exact) mass is 451 g/mol. The molecule has 2 aliphatic heterocycles. The summed E-state index contributed by atoms with van der Waals surface area (Å²) >= 11 is 1.55. The third kappa shape index (κ3) is 4.54. The lowest BCUT2D eigenvalue weighted by molar-refractivity contribution is -0.123. The molecule has 0 aliphatic carbocycles. The fraction of sp³-hybridized carbons (Fsp3) is 0.619. The van der Waals surface area contributed by atoms with Crippen LogP contribution in [-0.2, 0) is 26.0 Å². The van der Waals surface area contributed by atoms with Crippen LogP contribution in [0.5, 0.6) is 0 Å². The van der Waals surface area contributed by atoms with E-state index in [0.717, 1.165) is 41.2 Å². The Kier molecular flexibility index (Phi) is 6.43. The summed E-state index contributed by atoms with van der Waals surface area (Å²) in [7, 11) is -3.21. The number of piperidine rings is 1. The van der Waals surface area contributed by atoms with Gasteiger partial charge in [-0.25, -0.2) is 17.7 Å². The van der Waals surface area contributed by atoms with Gasteiger partial charge < -0.3 is 4.74 Å². The van der Waals surface area contributed by atoms with Gasteiger partial charge in [0, 0.05) is 25.6 Å². The number of nitrogens with zero attached hydrogens (tertiary/aromatic N) is 3. The highest BCUT2D eigenvalue weighted by Crippen LogP contribution is 2.34. The van der Waals surface area contributed by atoms with Crippen molar-refractivity contribution in [3.63, 3.8) is 0 Å². The molecule has 9 heteroatoms. The van der Waals surface area contributed by atoms with Crippen molar-refractivity contribution >= 4 is 42.6 Å². The molecule has 0 spiro atoms. The molecule has 1 aromatic heterocycles. The number of rotatable bonds is 6. The maximum Gasteiger partial charge on any atom is 0.232 e. The van der Waals surface area contributed by atoms with Crippen LogP contribution in [0.3, 0.4) is 0 Å². The van der Waals surface area contributed by atoms with E-state index in [0.29, 0.717) is 32.5 Å². The van der Waals surface area contributed by atoms with Crippen LogP contribution in [0.1, 0.15) is 38.2 Å². The van der Waals surface area contributed by atoms with Gasteiger partial charge in [-0.3, -0.25) is 9.69 Å². The first kappa shape index (κ1) is 21.7. The predicted octanol–water partition coefficient (Wildman–Crippen LogP) is 3.04. The number of fused-ring (bicyclic) bond motifs is 1. The highest BCUT2D eigenvalue weighted by molar-refractivity contribution is 7.88. The van der Waals surface area contributed by atoms with Crippen LogP contribution in [0.4, 0.5) is 5.13 Å². The third-order valence-electron chi connectivity index (χ3n) is 6.05. The van der Waals surface area contributed by atoms with E-state index in [9.17, 15) is 13.2 Å². The first-order valence-corrected chi connectivity index (χ1v) is 13.3. The Bertz CT molecular complexity index is 1010. The topological polar surface area (TPSA) is 79.8 Å². The Morgan fingerprint density at radius 1 is 1.30 bits per heavy atom. The van der Waals surface area contributed by atoms with Crippen LogP contribution in [0.25, 0.3) is 10.2 Å². The fourth-order valence-corrected chi connectivity index (χ4v) is 6.21. The molecule has 2 fully saturated rings. The maximum atomic E-state index is 13.5. The average Bonchev–Trinajstić information content (AvgIpc) is 3.40. The number of amides is 1. The smallest absolute Gasteiger partial charge is 0.232 e. The standard InChI is InChI=1S/C21H29N3O4S2/c1-3-15-6-4-8-18-19(15)22-21(29-18)24(14-17-7-5-13-28-17)20(25)16-9-11-23(12-10-16)30(2,26)27/h4,6,8,16-17H,3,5,7,9-14H2,1-2H3. The molecule has 2 saturated heterocycles. The second kappa shape index (κ2) is 8.90. The van der Waals surface area contributed by atoms with Crippen LogP contribution in [-0.4, -0.2) is 62.2 Å². The minimum absolute atomic E-state index is 0.0303. The maximum absolute atomic E-state index is 13.5. The number of anilines is 1. The van der Waals surface area contributed by atoms with Crippen LogP contribution in [0, 0.1) is 5.92 Å². The fourth-order valence-electron chi connectivity index (χ4n) is 4.30. The molecule has 0 saturated carbocycles. The molecule has 2 aromatic rings. The lowest BCUT2D eigenvalue weighted by atomic mass is 9.96. The molecule has 30 heavy (non-hydrogen) atoms. The number of aryl methyl sites for hydroxylation is 1. The number of sulfonamides is 1. The Morgan fingerprint density at radius 2 is 2.07 bits per heavy atom. The molecule has 1 amide bonds. The second-order valence-corrected chi connectivity index (χ2v) is 11.1. The molecule has 164 valence electrons. The van der Waals surface area contributed by atoms with Crippen LogP contribution in [0.15, 0.2) is 18.2 Å². The quantitative estimate of drug-likeness (QED) is 0.674. The molecule has 3 heterocycles. The van der Waals surface area contributed by atoms with Crippen molar-refractivity contribution in [3.05, 3.63) is 23.8 Å². The summed E-state index contributed by atoms with van der Waals surface area (Å²) in [6.45, 7) is 4.13. The van der Waals surface area contributed by atoms with Gasteiger partial charge >= 0.3 is 0 Å². The second-order valence-electron chi connectivity index (χ2n) is 8.13. The third-order valence-corrected chi connectivity index (χ3v) is 8.40. The largest absolute Gasteiger partial charge is 0.376 e. The van der Waals surface area contributed by atoms with Crippen molar-refractivity contribution in [1.29, 1.82) is 0 Å². The van der Waals surface area contributed by atoms with E-state index < -0.39 is 10.0 Å². The number of aromatic nitrogens is 1. The van der Waals surface area contributed by atoms with Crippen molar-refractivity contribution in [2.45, 2.75) is 45.1 Å². The Hall–Kier alpha value is -1.55. The van der Waals surface area contributed by atoms with Gasteiger partial charge in [0.1, 0.15) is 0 Å². The Balaban J connectivity index is 1.59. The number of ether oxygens (including phenoxy) is 1. The molecular formula is C21H29N3O4S2. The first-order valence-electron chi connectivity index (χ1n) is 10.6. The Labute approximate surface area is 182 Å². The first-order chi connectivity index (χ1) is 14.4. The number of carbonyl (C=O) groups excluding carboxylic acids is 1. The summed E-state index contributed by atoms with van der Waals surface area (Å²) in [6, 6.07) is 6.17. The summed E-state index contributed by atoms with van der Waals surface area (Å²) < 4.78 is 32.0. The molecule has 0 radical (unpaired) electrons. The SMILES string of the molecule is CCc1cccc2sc(N(CC3CCCO3)C(=O)C3CCN(S(C)(=O)=O)CC3)nc12. The number of benzene rings is 1. The number of hydrogen-bond acceptors (Lipinski definition) is 6. The summed E-state index contributed by atoms with van der Waals surface area (Å²) in [5.74, 6) is -0.155. The lowest BCUT2D eigenvalue weighted by Crippen LogP contribution is -2.46. The van der Waals surface area contributed by atoms with E-state index >= 15 is 0 Å². The van der Waals surface area contributed by atoms with Gasteiger partial charge in [0.15, 0.2) is 5.13 Å². The van der Waals surface area contributed by atoms with Gasteiger partial charge in [0.2, 0.25) is 15.9 Å². The molecule has 2 aliphatic rings. The molecular weight excluding hydrogens is 422 g/mol. The van der Waals surface area contributed by atoms with E-state index in [1.54, 1.807) is 16.2 Å². The van der Waals surface area contributed by atoms with E-state index in [1.165, 1.54) is 16.1 Å². The van der Waals surface area contributed by atoms with E-state index in [-0.39, 0.29) is 17.9 Å². The highest BCUT2D eigenvalue weighted by atomic mass is 32.2. The molecule has 1 atom stereocenters. The zero-order valence-corrected chi connectivity index (χ0v) is 19.2. The summed E-state index contributed by atoms with van der Waals surface area (Å²) in [5.41, 5.74) is 2.15. The van der Waals surface area contributed by atoms with Crippen LogP contribution in [0.2, 0.25) is 0 Å². The summed E-state index contributed by atoms with van der Waals surface area (Å²) in [4.78, 5) is 20.2. The van der Waals surface area contributed by atoms with Crippen molar-refractivity contribution in [2.75, 3.05) is 37.4 Å². The average molecular weight is 452 g/mol. The molecule has 4 rings (SSSR count). The number of hydrogen-bond donors (Lipinski definition) is 0. The van der Waals surface area contributed by atoms with Gasteiger partial charge in [0.05, 0.1) is 29.1 Å². The molecule has 0 N–H and O–H groups in total. The molecule has 1 unspecified atom stereocenters. The molecule has 0 bridgehead atoms. The number of para-hydroxylation sites is 1. The zero-order chi connectivity index (χ0) is 21.3. The normalized spacial score (nSPS) is 21.3. The van der Waals surface area contributed by atoms with Crippen molar-refractivity contribution in [3.8, 4) is 0 Å². The van der Waals surface area contributed by atoms with Gasteiger partial charge in [-0.15, -0.1) is 0 Å². The predicted molar refractivity (Wildman–Crippen MR) is 119 cm³/mol. The zero-order valence-electron chi connectivity index (χ0n) is 17.5. The van der Waals surface area contributed by atoms with Crippen LogP contribution >= 0.6 is 11.3 Å². The lowest BCUT2D eigenvalue weighted by Gasteiger charge is -2.33. The molecule has 7 nitrogen and oxygen atoms in total. The minimum atomic E-state index is -3.21. The van der Waals surface area contributed by atoms with Gasteiger partial charge in [-0.1, -0.05) is 30.4 Å². The van der Waals surface area contributed by atoms with Crippen LogP contribution < -0.4 is 4.90 Å². The van der Waals surface area contributed by atoms with Crippen molar-refractivity contribution in [1.82, 2.24) is 9.29 Å². The van der Waals surface area contributed by atoms with E-state index in [1.807, 2.05) is 6.07 Å². The summed E-state index contributed by atoms with van der Waals surface area (Å²) in [6.07, 6.45) is 5.19.